The molecular weight excluding hydrogens is 233 g/mol. The number of carbonyl (C=O) groups is 1. The normalized spacial score (nSPS) is 10.7. The standard InChI is InChI=1S/C14H10FNO2/c15-12-5-7-13(8-6-12)16-9-10-1-3-11(4-2-10)14(17)18/h1-9H,(H,17,18). The zero-order chi connectivity index (χ0) is 13.0. The van der Waals surface area contributed by atoms with Gasteiger partial charge in [0.05, 0.1) is 11.3 Å². The molecule has 0 aliphatic carbocycles. The van der Waals surface area contributed by atoms with E-state index in [0.29, 0.717) is 5.69 Å². The van der Waals surface area contributed by atoms with Gasteiger partial charge in [-0.15, -0.1) is 0 Å². The molecule has 4 heteroatoms. The summed E-state index contributed by atoms with van der Waals surface area (Å²) in [6, 6.07) is 12.1. The topological polar surface area (TPSA) is 49.7 Å². The third-order valence-corrected chi connectivity index (χ3v) is 2.35. The van der Waals surface area contributed by atoms with E-state index < -0.39 is 5.97 Å². The van der Waals surface area contributed by atoms with E-state index in [-0.39, 0.29) is 11.4 Å². The van der Waals surface area contributed by atoms with Crippen molar-refractivity contribution in [3.05, 3.63) is 65.5 Å². The van der Waals surface area contributed by atoms with Gasteiger partial charge in [-0.05, 0) is 42.0 Å². The van der Waals surface area contributed by atoms with Crippen molar-refractivity contribution >= 4 is 17.9 Å². The van der Waals surface area contributed by atoms with Gasteiger partial charge in [0.25, 0.3) is 0 Å². The van der Waals surface area contributed by atoms with Gasteiger partial charge in [-0.2, -0.15) is 0 Å². The minimum absolute atomic E-state index is 0.230. The van der Waals surface area contributed by atoms with Crippen LogP contribution in [-0.2, 0) is 0 Å². The molecule has 90 valence electrons. The Morgan fingerprint density at radius 2 is 1.67 bits per heavy atom. The highest BCUT2D eigenvalue weighted by Gasteiger charge is 2.00. The first kappa shape index (κ1) is 12.0. The number of aromatic carboxylic acids is 1. The number of carboxylic acid groups (broad SMARTS) is 1. The van der Waals surface area contributed by atoms with Crippen molar-refractivity contribution in [1.82, 2.24) is 0 Å². The fourth-order valence-corrected chi connectivity index (χ4v) is 1.39. The average Bonchev–Trinajstić information content (AvgIpc) is 2.38. The van der Waals surface area contributed by atoms with Crippen LogP contribution in [0.1, 0.15) is 15.9 Å². The number of nitrogens with zero attached hydrogens (tertiary/aromatic N) is 1. The van der Waals surface area contributed by atoms with Gasteiger partial charge >= 0.3 is 5.97 Å². The fraction of sp³-hybridized carbons (Fsp3) is 0. The molecule has 2 rings (SSSR count). The smallest absolute Gasteiger partial charge is 0.335 e. The van der Waals surface area contributed by atoms with E-state index in [0.717, 1.165) is 5.56 Å². The van der Waals surface area contributed by atoms with Crippen LogP contribution in [0.15, 0.2) is 53.5 Å². The number of hydrogen-bond donors (Lipinski definition) is 1. The van der Waals surface area contributed by atoms with Gasteiger partial charge in [-0.25, -0.2) is 9.18 Å². The van der Waals surface area contributed by atoms with Crippen molar-refractivity contribution in [1.29, 1.82) is 0 Å². The quantitative estimate of drug-likeness (QED) is 0.841. The minimum Gasteiger partial charge on any atom is -0.478 e. The highest BCUT2D eigenvalue weighted by molar-refractivity contribution is 5.89. The molecule has 0 atom stereocenters. The first-order valence-electron chi connectivity index (χ1n) is 5.28. The van der Waals surface area contributed by atoms with E-state index in [4.69, 9.17) is 5.11 Å². The van der Waals surface area contributed by atoms with E-state index in [1.807, 2.05) is 0 Å². The lowest BCUT2D eigenvalue weighted by Gasteiger charge is -1.96. The zero-order valence-corrected chi connectivity index (χ0v) is 9.38. The van der Waals surface area contributed by atoms with Crippen LogP contribution < -0.4 is 0 Å². The molecule has 0 unspecified atom stereocenters. The van der Waals surface area contributed by atoms with Crippen LogP contribution in [0, 0.1) is 5.82 Å². The molecule has 0 fully saturated rings. The van der Waals surface area contributed by atoms with Crippen LogP contribution in [0.3, 0.4) is 0 Å². The molecule has 0 aromatic heterocycles. The Morgan fingerprint density at radius 1 is 1.06 bits per heavy atom. The fourth-order valence-electron chi connectivity index (χ4n) is 1.39. The van der Waals surface area contributed by atoms with Crippen molar-refractivity contribution in [2.45, 2.75) is 0 Å². The molecular formula is C14H10FNO2. The highest BCUT2D eigenvalue weighted by atomic mass is 19.1. The van der Waals surface area contributed by atoms with E-state index in [1.165, 1.54) is 24.3 Å². The summed E-state index contributed by atoms with van der Waals surface area (Å²) in [4.78, 5) is 14.8. The average molecular weight is 243 g/mol. The van der Waals surface area contributed by atoms with Gasteiger partial charge in [0.2, 0.25) is 0 Å². The van der Waals surface area contributed by atoms with Gasteiger partial charge in [0, 0.05) is 6.21 Å². The predicted octanol–water partition coefficient (Wildman–Crippen LogP) is 3.27. The maximum absolute atomic E-state index is 12.7. The third kappa shape index (κ3) is 3.01. The Kier molecular flexibility index (Phi) is 3.48. The Balaban J connectivity index is 2.13. The summed E-state index contributed by atoms with van der Waals surface area (Å²) in [6.07, 6.45) is 1.60. The highest BCUT2D eigenvalue weighted by Crippen LogP contribution is 2.12. The molecule has 3 nitrogen and oxygen atoms in total. The van der Waals surface area contributed by atoms with E-state index in [1.54, 1.807) is 30.5 Å². The Hall–Kier alpha value is -2.49. The van der Waals surface area contributed by atoms with Crippen LogP contribution in [0.25, 0.3) is 0 Å². The van der Waals surface area contributed by atoms with Crippen LogP contribution in [0.4, 0.5) is 10.1 Å². The summed E-state index contributed by atoms with van der Waals surface area (Å²) < 4.78 is 12.7. The lowest BCUT2D eigenvalue weighted by Crippen LogP contribution is -1.95. The SMILES string of the molecule is O=C(O)c1ccc(C=Nc2ccc(F)cc2)cc1. The third-order valence-electron chi connectivity index (χ3n) is 2.35. The number of rotatable bonds is 3. The molecule has 0 aliphatic heterocycles. The number of carboxylic acids is 1. The van der Waals surface area contributed by atoms with Crippen molar-refractivity contribution < 1.29 is 14.3 Å². The molecule has 2 aromatic rings. The molecule has 0 bridgehead atoms. The zero-order valence-electron chi connectivity index (χ0n) is 9.38. The summed E-state index contributed by atoms with van der Waals surface area (Å²) in [5.74, 6) is -1.27. The lowest BCUT2D eigenvalue weighted by atomic mass is 10.1. The van der Waals surface area contributed by atoms with E-state index in [2.05, 4.69) is 4.99 Å². The van der Waals surface area contributed by atoms with Gasteiger partial charge in [0.1, 0.15) is 5.82 Å². The first-order valence-corrected chi connectivity index (χ1v) is 5.28. The molecule has 1 N–H and O–H groups in total. The summed E-state index contributed by atoms with van der Waals surface area (Å²) in [5, 5.41) is 8.74. The summed E-state index contributed by atoms with van der Waals surface area (Å²) >= 11 is 0. The van der Waals surface area contributed by atoms with Crippen molar-refractivity contribution in [2.75, 3.05) is 0 Å². The molecule has 0 saturated heterocycles. The van der Waals surface area contributed by atoms with Crippen LogP contribution in [-0.4, -0.2) is 17.3 Å². The van der Waals surface area contributed by atoms with Crippen LogP contribution in [0.2, 0.25) is 0 Å². The number of halogens is 1. The van der Waals surface area contributed by atoms with E-state index in [9.17, 15) is 9.18 Å². The number of aliphatic imine (C=N–C) groups is 1. The maximum Gasteiger partial charge on any atom is 0.335 e. The number of benzene rings is 2. The second-order valence-corrected chi connectivity index (χ2v) is 3.66. The lowest BCUT2D eigenvalue weighted by molar-refractivity contribution is 0.0697. The summed E-state index contributed by atoms with van der Waals surface area (Å²) in [6.45, 7) is 0. The van der Waals surface area contributed by atoms with Crippen LogP contribution in [0.5, 0.6) is 0 Å². The van der Waals surface area contributed by atoms with Crippen molar-refractivity contribution in [3.63, 3.8) is 0 Å². The monoisotopic (exact) mass is 243 g/mol. The van der Waals surface area contributed by atoms with Gasteiger partial charge < -0.3 is 5.11 Å². The van der Waals surface area contributed by atoms with Gasteiger partial charge in [0.15, 0.2) is 0 Å². The largest absolute Gasteiger partial charge is 0.478 e. The summed E-state index contributed by atoms with van der Waals surface area (Å²) in [5.41, 5.74) is 1.65. The Morgan fingerprint density at radius 3 is 2.22 bits per heavy atom. The molecule has 18 heavy (non-hydrogen) atoms. The van der Waals surface area contributed by atoms with Gasteiger partial charge in [-0.1, -0.05) is 12.1 Å². The van der Waals surface area contributed by atoms with Crippen LogP contribution >= 0.6 is 0 Å². The first-order chi connectivity index (χ1) is 8.65. The molecule has 2 aromatic carbocycles. The van der Waals surface area contributed by atoms with E-state index >= 15 is 0 Å². The minimum atomic E-state index is -0.961. The molecule has 0 amide bonds. The number of hydrogen-bond acceptors (Lipinski definition) is 2. The molecule has 0 heterocycles. The second-order valence-electron chi connectivity index (χ2n) is 3.66. The summed E-state index contributed by atoms with van der Waals surface area (Å²) in [7, 11) is 0. The molecule has 0 radical (unpaired) electrons. The predicted molar refractivity (Wildman–Crippen MR) is 67.1 cm³/mol. The molecule has 0 saturated carbocycles. The Bertz CT molecular complexity index is 574. The molecule has 0 aliphatic rings. The molecule has 0 spiro atoms. The van der Waals surface area contributed by atoms with Gasteiger partial charge in [-0.3, -0.25) is 4.99 Å². The van der Waals surface area contributed by atoms with Crippen molar-refractivity contribution in [2.24, 2.45) is 4.99 Å². The maximum atomic E-state index is 12.7. The Labute approximate surface area is 103 Å². The second kappa shape index (κ2) is 5.23. The van der Waals surface area contributed by atoms with Crippen molar-refractivity contribution in [3.8, 4) is 0 Å².